The Balaban J connectivity index is 2.77. The van der Waals surface area contributed by atoms with Crippen LogP contribution in [0.1, 0.15) is 31.2 Å². The highest BCUT2D eigenvalue weighted by atomic mass is 16.5. The molecule has 0 aromatic heterocycles. The van der Waals surface area contributed by atoms with E-state index in [-0.39, 0.29) is 65.4 Å². The van der Waals surface area contributed by atoms with Gasteiger partial charge in [0.05, 0.1) is 39.3 Å². The second-order valence-electron chi connectivity index (χ2n) is 7.53. The summed E-state index contributed by atoms with van der Waals surface area (Å²) in [4.78, 5) is 59.1. The van der Waals surface area contributed by atoms with E-state index in [1.165, 1.54) is 4.90 Å². The van der Waals surface area contributed by atoms with Crippen LogP contribution in [0.2, 0.25) is 0 Å². The molecule has 0 fully saturated rings. The third kappa shape index (κ3) is 14.5. The van der Waals surface area contributed by atoms with E-state index < -0.39 is 42.4 Å². The summed E-state index contributed by atoms with van der Waals surface area (Å²) in [6.45, 7) is -0.213. The van der Waals surface area contributed by atoms with Gasteiger partial charge in [-0.1, -0.05) is 30.3 Å². The molecule has 13 nitrogen and oxygen atoms in total. The summed E-state index contributed by atoms with van der Waals surface area (Å²) in [6, 6.07) is 7.61. The number of carbonyl (C=O) groups excluding carboxylic acids is 2. The van der Waals surface area contributed by atoms with Gasteiger partial charge in [-0.3, -0.25) is 19.2 Å². The van der Waals surface area contributed by atoms with Gasteiger partial charge >= 0.3 is 24.0 Å². The molecule has 0 unspecified atom stereocenters. The largest absolute Gasteiger partial charge is 0.481 e. The Bertz CT molecular complexity index is 824. The van der Waals surface area contributed by atoms with Crippen molar-refractivity contribution >= 4 is 29.9 Å². The van der Waals surface area contributed by atoms with E-state index in [0.717, 1.165) is 5.56 Å². The number of hydrogen-bond donors (Lipinski definition) is 4. The van der Waals surface area contributed by atoms with Crippen LogP contribution in [0.5, 0.6) is 0 Å². The third-order valence-electron chi connectivity index (χ3n) is 4.69. The average Bonchev–Trinajstić information content (AvgIpc) is 2.83. The number of aliphatic carboxylic acids is 3. The number of carboxylic acids is 3. The van der Waals surface area contributed by atoms with E-state index in [1.807, 2.05) is 0 Å². The van der Waals surface area contributed by atoms with Crippen LogP contribution in [0.15, 0.2) is 30.3 Å². The number of carbonyl (C=O) groups is 5. The topological polar surface area (TPSA) is 189 Å². The molecule has 1 rings (SSSR count). The van der Waals surface area contributed by atoms with Gasteiger partial charge in [0, 0.05) is 19.5 Å². The number of nitrogens with zero attached hydrogens (tertiary/aromatic N) is 1. The molecule has 1 atom stereocenters. The van der Waals surface area contributed by atoms with Crippen molar-refractivity contribution in [3.8, 4) is 0 Å². The number of alkyl carbamates (subject to hydrolysis) is 1. The van der Waals surface area contributed by atoms with Crippen molar-refractivity contribution < 1.29 is 53.5 Å². The lowest BCUT2D eigenvalue weighted by molar-refractivity contribution is -0.141. The van der Waals surface area contributed by atoms with Gasteiger partial charge in [0.2, 0.25) is 5.91 Å². The van der Waals surface area contributed by atoms with E-state index in [9.17, 15) is 24.0 Å². The summed E-state index contributed by atoms with van der Waals surface area (Å²) >= 11 is 0. The predicted molar refractivity (Wildman–Crippen MR) is 123 cm³/mol. The molecule has 0 saturated heterocycles. The molecule has 1 aromatic carbocycles. The fourth-order valence-electron chi connectivity index (χ4n) is 2.86. The Morgan fingerprint density at radius 3 is 1.81 bits per heavy atom. The van der Waals surface area contributed by atoms with Crippen LogP contribution in [0.3, 0.4) is 0 Å². The number of ether oxygens (including phenoxy) is 3. The highest BCUT2D eigenvalue weighted by molar-refractivity contribution is 5.86. The minimum atomic E-state index is -1.22. The molecule has 36 heavy (non-hydrogen) atoms. The van der Waals surface area contributed by atoms with Crippen molar-refractivity contribution in [2.75, 3.05) is 39.5 Å². The van der Waals surface area contributed by atoms with Crippen molar-refractivity contribution in [3.63, 3.8) is 0 Å². The maximum absolute atomic E-state index is 13.2. The lowest BCUT2D eigenvalue weighted by Gasteiger charge is -2.27. The van der Waals surface area contributed by atoms with Crippen LogP contribution in [-0.2, 0) is 40.0 Å². The standard InChI is InChI=1S/C23H32N2O11/c26-19(27)7-6-18(24-23(33)36-16-17-4-2-1-3-5-17)22(32)25(10-14-34-12-8-20(28)29)11-15-35-13-9-21(30)31/h1-5,18H,6-16H2,(H,24,33)(H,26,27)(H,28,29)(H,30,31)/t18-/m0/s1. The van der Waals surface area contributed by atoms with Crippen LogP contribution in [0, 0.1) is 0 Å². The molecule has 0 spiro atoms. The van der Waals surface area contributed by atoms with Gasteiger partial charge in [0.15, 0.2) is 0 Å². The fourth-order valence-corrected chi connectivity index (χ4v) is 2.86. The Morgan fingerprint density at radius 2 is 1.31 bits per heavy atom. The molecule has 0 aliphatic rings. The van der Waals surface area contributed by atoms with Crippen molar-refractivity contribution in [1.82, 2.24) is 10.2 Å². The van der Waals surface area contributed by atoms with Gasteiger partial charge in [-0.2, -0.15) is 0 Å². The molecule has 1 aromatic rings. The van der Waals surface area contributed by atoms with Gasteiger partial charge in [-0.25, -0.2) is 4.79 Å². The highest BCUT2D eigenvalue weighted by Gasteiger charge is 2.27. The zero-order chi connectivity index (χ0) is 26.8. The predicted octanol–water partition coefficient (Wildman–Crippen LogP) is 0.957. The van der Waals surface area contributed by atoms with Gasteiger partial charge in [-0.05, 0) is 12.0 Å². The quantitative estimate of drug-likeness (QED) is 0.193. The lowest BCUT2D eigenvalue weighted by Crippen LogP contribution is -2.50. The summed E-state index contributed by atoms with van der Waals surface area (Å²) in [6.07, 6.45) is -1.94. The number of nitrogens with one attached hydrogen (secondary N) is 1. The van der Waals surface area contributed by atoms with Gasteiger partial charge in [0.1, 0.15) is 12.6 Å². The molecule has 0 saturated carbocycles. The Hall–Kier alpha value is -3.71. The van der Waals surface area contributed by atoms with Gasteiger partial charge < -0.3 is 39.7 Å². The molecule has 200 valence electrons. The second kappa shape index (κ2) is 17.7. The molecular weight excluding hydrogens is 480 g/mol. The number of hydrogen-bond acceptors (Lipinski definition) is 8. The minimum absolute atomic E-state index is 0.00502. The van der Waals surface area contributed by atoms with Crippen LogP contribution in [-0.4, -0.2) is 95.7 Å². The van der Waals surface area contributed by atoms with E-state index in [1.54, 1.807) is 30.3 Å². The molecule has 0 radical (unpaired) electrons. The Kier molecular flexibility index (Phi) is 14.9. The summed E-state index contributed by atoms with van der Waals surface area (Å²) in [5.41, 5.74) is 0.722. The minimum Gasteiger partial charge on any atom is -0.481 e. The molecule has 0 bridgehead atoms. The molecule has 0 heterocycles. The summed E-state index contributed by atoms with van der Waals surface area (Å²) < 4.78 is 15.6. The molecule has 13 heteroatoms. The third-order valence-corrected chi connectivity index (χ3v) is 4.69. The Labute approximate surface area is 207 Å². The van der Waals surface area contributed by atoms with Crippen molar-refractivity contribution in [3.05, 3.63) is 35.9 Å². The molecule has 0 aliphatic carbocycles. The van der Waals surface area contributed by atoms with Gasteiger partial charge in [0.25, 0.3) is 0 Å². The molecule has 4 N–H and O–H groups in total. The first-order valence-corrected chi connectivity index (χ1v) is 11.3. The SMILES string of the molecule is O=C(O)CCOCCN(CCOCCC(=O)O)C(=O)[C@H](CCC(=O)O)NC(=O)OCc1ccccc1. The highest BCUT2D eigenvalue weighted by Crippen LogP contribution is 2.07. The van der Waals surface area contributed by atoms with E-state index >= 15 is 0 Å². The van der Waals surface area contributed by atoms with Crippen LogP contribution >= 0.6 is 0 Å². The van der Waals surface area contributed by atoms with E-state index in [4.69, 9.17) is 29.5 Å². The maximum Gasteiger partial charge on any atom is 0.408 e. The summed E-state index contributed by atoms with van der Waals surface area (Å²) in [7, 11) is 0. The number of rotatable bonds is 19. The fraction of sp³-hybridized carbons (Fsp3) is 0.522. The molecule has 2 amide bonds. The average molecular weight is 513 g/mol. The van der Waals surface area contributed by atoms with E-state index in [2.05, 4.69) is 5.32 Å². The number of benzene rings is 1. The normalized spacial score (nSPS) is 11.3. The summed E-state index contributed by atoms with van der Waals surface area (Å²) in [5.74, 6) is -3.85. The maximum atomic E-state index is 13.2. The number of amides is 2. The van der Waals surface area contributed by atoms with Crippen LogP contribution < -0.4 is 5.32 Å². The molecule has 0 aliphatic heterocycles. The van der Waals surface area contributed by atoms with Crippen LogP contribution in [0.25, 0.3) is 0 Å². The first kappa shape index (κ1) is 30.3. The second-order valence-corrected chi connectivity index (χ2v) is 7.53. The Morgan fingerprint density at radius 1 is 0.778 bits per heavy atom. The van der Waals surface area contributed by atoms with Crippen molar-refractivity contribution in [2.24, 2.45) is 0 Å². The summed E-state index contributed by atoms with van der Waals surface area (Å²) in [5, 5.41) is 28.8. The first-order valence-electron chi connectivity index (χ1n) is 11.3. The first-order chi connectivity index (χ1) is 17.2. The monoisotopic (exact) mass is 512 g/mol. The zero-order valence-corrected chi connectivity index (χ0v) is 19.8. The smallest absolute Gasteiger partial charge is 0.408 e. The van der Waals surface area contributed by atoms with Crippen LogP contribution in [0.4, 0.5) is 4.79 Å². The van der Waals surface area contributed by atoms with Crippen molar-refractivity contribution in [2.45, 2.75) is 38.3 Å². The van der Waals surface area contributed by atoms with Gasteiger partial charge in [-0.15, -0.1) is 0 Å². The lowest BCUT2D eigenvalue weighted by atomic mass is 10.1. The van der Waals surface area contributed by atoms with Crippen molar-refractivity contribution in [1.29, 1.82) is 0 Å². The number of carboxylic acid groups (broad SMARTS) is 3. The zero-order valence-electron chi connectivity index (χ0n) is 19.8. The van der Waals surface area contributed by atoms with E-state index in [0.29, 0.717) is 0 Å². The molecular formula is C23H32N2O11.